The molecule has 0 radical (unpaired) electrons. The van der Waals surface area contributed by atoms with Gasteiger partial charge in [0.05, 0.1) is 0 Å². The van der Waals surface area contributed by atoms with Crippen molar-refractivity contribution >= 4 is 0 Å². The zero-order chi connectivity index (χ0) is 15.9. The minimum atomic E-state index is 0.228. The van der Waals surface area contributed by atoms with E-state index in [1.165, 1.54) is 23.1 Å². The maximum atomic E-state index is 10.1. The molecule has 120 valence electrons. The van der Waals surface area contributed by atoms with Crippen LogP contribution in [0.25, 0.3) is 0 Å². The van der Waals surface area contributed by atoms with Crippen LogP contribution < -0.4 is 5.32 Å². The van der Waals surface area contributed by atoms with Crippen molar-refractivity contribution in [1.82, 2.24) is 5.32 Å². The number of phenols is 1. The molecule has 0 amide bonds. The smallest absolute Gasteiger partial charge is 0.115 e. The van der Waals surface area contributed by atoms with Crippen LogP contribution in [0.3, 0.4) is 0 Å². The highest BCUT2D eigenvalue weighted by atomic mass is 16.3. The Morgan fingerprint density at radius 1 is 1.41 bits per heavy atom. The van der Waals surface area contributed by atoms with Crippen LogP contribution >= 0.6 is 0 Å². The van der Waals surface area contributed by atoms with Crippen LogP contribution in [-0.4, -0.2) is 17.7 Å². The summed E-state index contributed by atoms with van der Waals surface area (Å²) in [4.78, 5) is 0. The molecule has 0 aromatic heterocycles. The third-order valence-electron chi connectivity index (χ3n) is 6.18. The SMILES string of the molecule is CCC12CCN[C@@H](C1C)[C@H](CC=C(C)C)c1ccc(O)cc12. The number of hydrogen-bond acceptors (Lipinski definition) is 2. The Hall–Kier alpha value is -1.28. The molecule has 1 fully saturated rings. The van der Waals surface area contributed by atoms with E-state index in [1.807, 2.05) is 12.1 Å². The number of phenolic OH excluding ortho intramolecular Hbond substituents is 1. The van der Waals surface area contributed by atoms with Crippen LogP contribution in [0.5, 0.6) is 5.75 Å². The summed E-state index contributed by atoms with van der Waals surface area (Å²) in [5.41, 5.74) is 4.47. The molecule has 1 heterocycles. The number of nitrogens with one attached hydrogen (secondary N) is 1. The van der Waals surface area contributed by atoms with Crippen LogP contribution in [0, 0.1) is 5.92 Å². The molecule has 1 aliphatic heterocycles. The van der Waals surface area contributed by atoms with Gasteiger partial charge in [-0.05, 0) is 68.8 Å². The second-order valence-corrected chi connectivity index (χ2v) is 7.42. The van der Waals surface area contributed by atoms with Crippen molar-refractivity contribution in [2.45, 2.75) is 64.3 Å². The molecule has 2 aliphatic rings. The van der Waals surface area contributed by atoms with Gasteiger partial charge >= 0.3 is 0 Å². The maximum absolute atomic E-state index is 10.1. The van der Waals surface area contributed by atoms with Gasteiger partial charge in [0.2, 0.25) is 0 Å². The van der Waals surface area contributed by atoms with Gasteiger partial charge in [-0.25, -0.2) is 0 Å². The molecule has 2 heteroatoms. The third-order valence-corrected chi connectivity index (χ3v) is 6.18. The van der Waals surface area contributed by atoms with E-state index in [1.54, 1.807) is 0 Å². The summed E-state index contributed by atoms with van der Waals surface area (Å²) in [7, 11) is 0. The van der Waals surface area contributed by atoms with Gasteiger partial charge in [0.25, 0.3) is 0 Å². The molecule has 2 N–H and O–H groups in total. The van der Waals surface area contributed by atoms with E-state index < -0.39 is 0 Å². The first kappa shape index (κ1) is 15.6. The van der Waals surface area contributed by atoms with Crippen LogP contribution in [0.2, 0.25) is 0 Å². The van der Waals surface area contributed by atoms with Crippen molar-refractivity contribution in [1.29, 1.82) is 0 Å². The monoisotopic (exact) mass is 299 g/mol. The fourth-order valence-electron chi connectivity index (χ4n) is 4.90. The molecule has 2 nitrogen and oxygen atoms in total. The fraction of sp³-hybridized carbons (Fsp3) is 0.600. The molecule has 3 rings (SSSR count). The number of allylic oxidation sites excluding steroid dienone is 2. The van der Waals surface area contributed by atoms with Gasteiger partial charge in [-0.1, -0.05) is 31.6 Å². The topological polar surface area (TPSA) is 32.3 Å². The summed E-state index contributed by atoms with van der Waals surface area (Å²) in [6, 6.07) is 6.63. The fourth-order valence-corrected chi connectivity index (χ4v) is 4.90. The van der Waals surface area contributed by atoms with Gasteiger partial charge in [-0.15, -0.1) is 0 Å². The van der Waals surface area contributed by atoms with Crippen molar-refractivity contribution in [3.8, 4) is 5.75 Å². The van der Waals surface area contributed by atoms with Gasteiger partial charge in [-0.3, -0.25) is 0 Å². The Balaban J connectivity index is 2.14. The highest BCUT2D eigenvalue weighted by Crippen LogP contribution is 2.53. The Morgan fingerprint density at radius 3 is 2.86 bits per heavy atom. The molecule has 1 aromatic carbocycles. The van der Waals surface area contributed by atoms with Crippen LogP contribution in [0.1, 0.15) is 64.0 Å². The molecule has 2 unspecified atom stereocenters. The summed E-state index contributed by atoms with van der Waals surface area (Å²) >= 11 is 0. The van der Waals surface area contributed by atoms with Crippen LogP contribution in [0.15, 0.2) is 29.8 Å². The third kappa shape index (κ3) is 2.28. The number of hydrogen-bond donors (Lipinski definition) is 2. The van der Waals surface area contributed by atoms with E-state index in [4.69, 9.17) is 0 Å². The normalized spacial score (nSPS) is 33.2. The number of benzene rings is 1. The minimum Gasteiger partial charge on any atom is -0.508 e. The summed E-state index contributed by atoms with van der Waals surface area (Å²) < 4.78 is 0. The van der Waals surface area contributed by atoms with E-state index >= 15 is 0 Å². The van der Waals surface area contributed by atoms with Gasteiger partial charge < -0.3 is 10.4 Å². The zero-order valence-electron chi connectivity index (χ0n) is 14.3. The summed E-state index contributed by atoms with van der Waals surface area (Å²) in [6.07, 6.45) is 5.77. The molecule has 1 aliphatic carbocycles. The van der Waals surface area contributed by atoms with Crippen LogP contribution in [-0.2, 0) is 5.41 Å². The van der Waals surface area contributed by atoms with Crippen molar-refractivity contribution in [3.63, 3.8) is 0 Å². The van der Waals surface area contributed by atoms with E-state index in [2.05, 4.69) is 45.2 Å². The molecule has 1 aromatic rings. The Kier molecular flexibility index (Phi) is 4.07. The Bertz CT molecular complexity index is 587. The largest absolute Gasteiger partial charge is 0.508 e. The Morgan fingerprint density at radius 2 is 2.18 bits per heavy atom. The standard InChI is InChI=1S/C20H29NO/c1-5-20-10-11-21-19(14(20)4)17(8-6-13(2)3)16-9-7-15(22)12-18(16)20/h6-7,9,12,14,17,19,21-22H,5,8,10-11H2,1-4H3/t14?,17-,19+,20?/m1/s1. The summed E-state index contributed by atoms with van der Waals surface area (Å²) in [5.74, 6) is 1.54. The molecular weight excluding hydrogens is 270 g/mol. The average Bonchev–Trinajstić information content (AvgIpc) is 2.48. The highest BCUT2D eigenvalue weighted by Gasteiger charge is 2.50. The van der Waals surface area contributed by atoms with Crippen molar-refractivity contribution in [2.24, 2.45) is 5.92 Å². The summed E-state index contributed by atoms with van der Waals surface area (Å²) in [5, 5.41) is 13.9. The highest BCUT2D eigenvalue weighted by molar-refractivity contribution is 5.47. The van der Waals surface area contributed by atoms with Gasteiger partial charge in [-0.2, -0.15) is 0 Å². The van der Waals surface area contributed by atoms with Crippen LogP contribution in [0.4, 0.5) is 0 Å². The lowest BCUT2D eigenvalue weighted by atomic mass is 9.54. The lowest BCUT2D eigenvalue weighted by Crippen LogP contribution is -2.58. The molecular formula is C20H29NO. The Labute approximate surface area is 134 Å². The quantitative estimate of drug-likeness (QED) is 0.806. The average molecular weight is 299 g/mol. The van der Waals surface area contributed by atoms with Crippen molar-refractivity contribution in [3.05, 3.63) is 41.0 Å². The zero-order valence-corrected chi connectivity index (χ0v) is 14.3. The first-order valence-electron chi connectivity index (χ1n) is 8.69. The van der Waals surface area contributed by atoms with Gasteiger partial charge in [0.15, 0.2) is 0 Å². The van der Waals surface area contributed by atoms with E-state index in [-0.39, 0.29) is 5.41 Å². The van der Waals surface area contributed by atoms with E-state index in [9.17, 15) is 5.11 Å². The molecule has 22 heavy (non-hydrogen) atoms. The maximum Gasteiger partial charge on any atom is 0.115 e. The first-order chi connectivity index (χ1) is 10.5. The minimum absolute atomic E-state index is 0.228. The summed E-state index contributed by atoms with van der Waals surface area (Å²) in [6.45, 7) is 10.2. The molecule has 1 saturated heterocycles. The number of rotatable bonds is 3. The molecule has 2 bridgehead atoms. The lowest BCUT2D eigenvalue weighted by molar-refractivity contribution is 0.116. The predicted molar refractivity (Wildman–Crippen MR) is 92.4 cm³/mol. The number of aromatic hydroxyl groups is 1. The first-order valence-corrected chi connectivity index (χ1v) is 8.69. The number of fused-ring (bicyclic) bond motifs is 4. The molecule has 4 atom stereocenters. The molecule has 0 spiro atoms. The lowest BCUT2D eigenvalue weighted by Gasteiger charge is -2.55. The van der Waals surface area contributed by atoms with Gasteiger partial charge in [0.1, 0.15) is 5.75 Å². The predicted octanol–water partition coefficient (Wildman–Crippen LogP) is 4.49. The van der Waals surface area contributed by atoms with Gasteiger partial charge in [0, 0.05) is 17.4 Å². The van der Waals surface area contributed by atoms with E-state index in [0.29, 0.717) is 23.6 Å². The second kappa shape index (κ2) is 5.73. The number of piperidine rings is 1. The van der Waals surface area contributed by atoms with E-state index in [0.717, 1.165) is 19.4 Å². The molecule has 0 saturated carbocycles. The van der Waals surface area contributed by atoms with Crippen molar-refractivity contribution in [2.75, 3.05) is 6.54 Å². The van der Waals surface area contributed by atoms with Crippen molar-refractivity contribution < 1.29 is 5.11 Å². The second-order valence-electron chi connectivity index (χ2n) is 7.42.